The van der Waals surface area contributed by atoms with Crippen molar-refractivity contribution < 1.29 is 46.2 Å². The van der Waals surface area contributed by atoms with Crippen molar-refractivity contribution in [2.75, 3.05) is 9.80 Å². The first-order valence-corrected chi connectivity index (χ1v) is 43.5. The number of pyridine rings is 2. The number of aromatic nitrogens is 8. The fraction of sp³-hybridized carbons (Fsp3) is 0.0420. The molecule has 0 bridgehead atoms. The van der Waals surface area contributed by atoms with Crippen LogP contribution in [-0.4, -0.2) is 37.4 Å². The van der Waals surface area contributed by atoms with Crippen LogP contribution >= 0.6 is 0 Å². The number of rotatable bonds is 17. The van der Waals surface area contributed by atoms with E-state index in [1.807, 2.05) is 59.4 Å². The molecule has 0 aliphatic heterocycles. The van der Waals surface area contributed by atoms with Gasteiger partial charge in [0.25, 0.3) is 0 Å². The SMILES string of the molecule is Cc1cccc(C)c1N(c1[c-]c(-n2[cH+]n(-c3ccccc3)c3ccccc32)ccc1)c1[c-]c2c(cc1)c1ccccc1n2-c1cc(-c2c(-c3ccccc3)cccc2-c2ccccc2)ccn1.[2H]C([2H])([2H])n1[cH+]n(-c2[c-]c(N(c3[c-]c4c(cc3)c3ccccc3n4-c3cc(-c4c(-c5ccccc5)cccc4-c4ccccc4)ccn3)c3c(C)cccc3C)ccc2)c2ccccc21.[Pt].[Pt]. The van der Waals surface area contributed by atoms with Gasteiger partial charge in [-0.15, -0.1) is 59.3 Å². The number of benzene rings is 17. The summed E-state index contributed by atoms with van der Waals surface area (Å²) in [7, 11) is 0. The van der Waals surface area contributed by atoms with Crippen LogP contribution in [0.15, 0.2) is 431 Å². The number of imidazole rings is 2. The van der Waals surface area contributed by atoms with Crippen molar-refractivity contribution in [2.45, 2.75) is 27.7 Å². The Kier molecular flexibility index (Phi) is 22.0. The van der Waals surface area contributed by atoms with Gasteiger partial charge in [0.2, 0.25) is 0 Å². The molecule has 17 aromatic carbocycles. The monoisotopic (exact) mass is 2050 g/mol. The molecule has 6 aromatic heterocycles. The topological polar surface area (TPSA) is 61.8 Å². The number of nitrogens with zero attached hydrogens (tertiary/aromatic N) is 10. The minimum absolute atomic E-state index is 0. The third-order valence-corrected chi connectivity index (χ3v) is 24.8. The van der Waals surface area contributed by atoms with Gasteiger partial charge >= 0.3 is 0 Å². The molecule has 0 atom stereocenters. The summed E-state index contributed by atoms with van der Waals surface area (Å²) in [4.78, 5) is 14.8. The van der Waals surface area contributed by atoms with Gasteiger partial charge < -0.3 is 18.9 Å². The maximum atomic E-state index is 8.30. The summed E-state index contributed by atoms with van der Waals surface area (Å²) in [6.07, 6.45) is 7.67. The molecule has 0 spiro atoms. The van der Waals surface area contributed by atoms with Crippen molar-refractivity contribution in [2.24, 2.45) is 6.98 Å². The molecule has 0 saturated heterocycles. The molecule has 0 amide bonds. The van der Waals surface area contributed by atoms with Gasteiger partial charge in [-0.2, -0.15) is 28.8 Å². The van der Waals surface area contributed by atoms with Crippen LogP contribution in [0.5, 0.6) is 0 Å². The Bertz CT molecular complexity index is 8180. The van der Waals surface area contributed by atoms with Crippen molar-refractivity contribution >= 4 is 99.8 Å². The van der Waals surface area contributed by atoms with Crippen LogP contribution in [0.3, 0.4) is 0 Å². The Morgan fingerprint density at radius 1 is 0.275 bits per heavy atom. The molecular weight excluding hydrogens is 1960 g/mol. The van der Waals surface area contributed by atoms with Gasteiger partial charge in [0, 0.05) is 124 Å². The van der Waals surface area contributed by atoms with Crippen molar-refractivity contribution in [1.82, 2.24) is 37.4 Å². The zero-order valence-electron chi connectivity index (χ0n) is 75.1. The second-order valence-electron chi connectivity index (χ2n) is 32.7. The quantitative estimate of drug-likeness (QED) is 0.0853. The summed E-state index contributed by atoms with van der Waals surface area (Å²) in [5, 5.41) is 4.39. The largest absolute Gasteiger partial charge is 0.357 e. The third-order valence-electron chi connectivity index (χ3n) is 24.8. The second kappa shape index (κ2) is 36.0. The number of anilines is 6. The van der Waals surface area contributed by atoms with Crippen LogP contribution < -0.4 is 9.80 Å². The standard InChI is InChI=1S/C62H44N5.C57H42N5.2Pt/c1-43-19-16-20-44(2)62(43)66(50-28-17-27-49(40-50)65-42-64(48-25-10-5-11-26-48)57-33-14-15-34-58(57)65)51-35-36-55-54-29-12-13-32-56(54)67(59(55)41-51)60-39-47(37-38-63-60)61-52(45-21-6-3-7-22-45)30-18-31-53(61)46-23-8-4-9-24-46;1-39-17-14-18-40(2)57(39)61(45-24-15-23-44(36-45)60-38-59(3)52-29-12-13-30-53(52)60)46-31-32-50-49-25-10-11-28-51(49)62(54(50)37-46)55-35-43(33-34-58-55)56-47(41-19-6-4-7-20-41)26-16-27-48(56)42-21-8-5-9-22-42;;/h3-39,42H,1-2H3;4-35,38H,1-3H3;;/q2*-1;;/i;3D3;;. The molecule has 0 N–H and O–H groups in total. The molecule has 0 unspecified atom stereocenters. The summed E-state index contributed by atoms with van der Waals surface area (Å²) in [5.74, 6) is 1.59. The number of hydrogen-bond donors (Lipinski definition) is 0. The first-order chi connectivity index (χ1) is 64.8. The van der Waals surface area contributed by atoms with Gasteiger partial charge in [-0.3, -0.25) is 0 Å². The van der Waals surface area contributed by atoms with E-state index in [9.17, 15) is 0 Å². The minimum Gasteiger partial charge on any atom is -0.357 e. The number of fused-ring (bicyclic) bond motifs is 8. The first-order valence-electron chi connectivity index (χ1n) is 45.0. The van der Waals surface area contributed by atoms with Gasteiger partial charge in [0.1, 0.15) is 17.3 Å². The van der Waals surface area contributed by atoms with Crippen LogP contribution in [0.25, 0.3) is 161 Å². The Morgan fingerprint density at radius 2 is 0.603 bits per heavy atom. The normalized spacial score (nSPS) is 11.7. The first kappa shape index (κ1) is 80.1. The molecular formula is C119H86N10Pt2-2. The van der Waals surface area contributed by atoms with E-state index in [2.05, 4.69) is 450 Å². The number of aryl methyl sites for hydroxylation is 5. The maximum absolute atomic E-state index is 8.30. The summed E-state index contributed by atoms with van der Waals surface area (Å²) in [5.41, 5.74) is 33.9. The summed E-state index contributed by atoms with van der Waals surface area (Å²) >= 11 is 0. The van der Waals surface area contributed by atoms with Gasteiger partial charge in [0.15, 0.2) is 34.7 Å². The molecule has 0 saturated carbocycles. The van der Waals surface area contributed by atoms with E-state index in [4.69, 9.17) is 14.1 Å². The Hall–Kier alpha value is -15.4. The van der Waals surface area contributed by atoms with Crippen LogP contribution in [0.1, 0.15) is 26.4 Å². The maximum Gasteiger partial charge on any atom is 0.188 e. The van der Waals surface area contributed by atoms with Crippen LogP contribution in [0.2, 0.25) is 0 Å². The molecule has 23 aromatic rings. The summed E-state index contributed by atoms with van der Waals surface area (Å²) in [6.45, 7) is 6.26. The molecule has 10 nitrogen and oxygen atoms in total. The summed E-state index contributed by atoms with van der Waals surface area (Å²) < 4.78 is 37.1. The third kappa shape index (κ3) is 15.4. The molecule has 0 fully saturated rings. The van der Waals surface area contributed by atoms with E-state index in [1.54, 1.807) is 6.33 Å². The van der Waals surface area contributed by atoms with Crippen molar-refractivity contribution in [1.29, 1.82) is 0 Å². The zero-order chi connectivity index (χ0) is 89.1. The van der Waals surface area contributed by atoms with Gasteiger partial charge in [-0.1, -0.05) is 307 Å². The molecule has 23 rings (SSSR count). The zero-order valence-corrected chi connectivity index (χ0v) is 76.6. The second-order valence-corrected chi connectivity index (χ2v) is 32.7. The molecule has 12 heteroatoms. The fourth-order valence-electron chi connectivity index (χ4n) is 18.9. The molecule has 0 radical (unpaired) electrons. The van der Waals surface area contributed by atoms with Crippen LogP contribution in [0, 0.1) is 52.0 Å². The molecule has 131 heavy (non-hydrogen) atoms. The smallest absolute Gasteiger partial charge is 0.188 e. The van der Waals surface area contributed by atoms with Crippen molar-refractivity contribution in [3.8, 4) is 95.5 Å². The van der Waals surface area contributed by atoms with Crippen molar-refractivity contribution in [3.05, 3.63) is 478 Å². The number of hydrogen-bond acceptors (Lipinski definition) is 4. The molecule has 0 aliphatic rings. The average molecular weight is 2050 g/mol. The summed E-state index contributed by atoms with van der Waals surface area (Å²) in [6, 6.07) is 158. The van der Waals surface area contributed by atoms with Crippen LogP contribution in [0.4, 0.5) is 34.1 Å². The van der Waals surface area contributed by atoms with Gasteiger partial charge in [-0.05, 0) is 188 Å². The van der Waals surface area contributed by atoms with E-state index in [-0.39, 0.29) is 42.1 Å². The predicted molar refractivity (Wildman–Crippen MR) is 534 cm³/mol. The van der Waals surface area contributed by atoms with E-state index in [1.165, 1.54) is 15.7 Å². The van der Waals surface area contributed by atoms with Gasteiger partial charge in [-0.25, -0.2) is 23.7 Å². The molecule has 6 heterocycles. The fourth-order valence-corrected chi connectivity index (χ4v) is 18.9. The molecule has 0 aliphatic carbocycles. The Labute approximate surface area is 795 Å². The predicted octanol–water partition coefficient (Wildman–Crippen LogP) is 30.3. The minimum atomic E-state index is -2.36. The average Bonchev–Trinajstić information content (AvgIpc) is 1.57. The van der Waals surface area contributed by atoms with E-state index < -0.39 is 6.98 Å². The van der Waals surface area contributed by atoms with Crippen molar-refractivity contribution in [3.63, 3.8) is 0 Å². The Morgan fingerprint density at radius 3 is 1.01 bits per heavy atom. The Balaban J connectivity index is 0.000000164. The van der Waals surface area contributed by atoms with Gasteiger partial charge in [0.05, 0.1) is 0 Å². The van der Waals surface area contributed by atoms with Crippen LogP contribution in [-0.2, 0) is 49.1 Å². The van der Waals surface area contributed by atoms with E-state index in [0.717, 1.165) is 195 Å². The van der Waals surface area contributed by atoms with E-state index in [0.29, 0.717) is 11.2 Å². The van der Waals surface area contributed by atoms with E-state index >= 15 is 0 Å². The molecule has 634 valence electrons. The number of para-hydroxylation sites is 9.